The van der Waals surface area contributed by atoms with Crippen LogP contribution in [0.4, 0.5) is 0 Å². The summed E-state index contributed by atoms with van der Waals surface area (Å²) in [7, 11) is 0. The molecule has 2 heteroatoms. The quantitative estimate of drug-likeness (QED) is 0.530. The van der Waals surface area contributed by atoms with Gasteiger partial charge in [-0.25, -0.2) is 0 Å². The zero-order valence-corrected chi connectivity index (χ0v) is 6.61. The lowest BCUT2D eigenvalue weighted by atomic mass is 10.3. The van der Waals surface area contributed by atoms with Crippen molar-refractivity contribution in [3.8, 4) is 0 Å². The van der Waals surface area contributed by atoms with Crippen molar-refractivity contribution in [1.82, 2.24) is 5.32 Å². The Kier molecular flexibility index (Phi) is 5.99. The van der Waals surface area contributed by atoms with Crippen LogP contribution in [-0.2, 0) is 4.74 Å². The second-order valence-electron chi connectivity index (χ2n) is 1.93. The molecule has 1 heterocycles. The molecule has 1 fully saturated rings. The summed E-state index contributed by atoms with van der Waals surface area (Å²) in [6.45, 7) is 8.89. The molecule has 1 rings (SSSR count). The lowest BCUT2D eigenvalue weighted by Crippen LogP contribution is -2.38. The van der Waals surface area contributed by atoms with Gasteiger partial charge in [0, 0.05) is 12.6 Å². The molecule has 1 N–H and O–H groups in total. The van der Waals surface area contributed by atoms with Crippen molar-refractivity contribution in [2.45, 2.75) is 26.8 Å². The Morgan fingerprint density at radius 3 is 2.33 bits per heavy atom. The Bertz CT molecular complexity index is 50.9. The highest BCUT2D eigenvalue weighted by atomic mass is 16.5. The zero-order valence-electron chi connectivity index (χ0n) is 6.61. The van der Waals surface area contributed by atoms with Crippen LogP contribution in [0.3, 0.4) is 0 Å². The first kappa shape index (κ1) is 8.92. The van der Waals surface area contributed by atoms with Crippen molar-refractivity contribution in [2.24, 2.45) is 0 Å². The first-order chi connectivity index (χ1) is 4.39. The summed E-state index contributed by atoms with van der Waals surface area (Å²) in [6, 6.07) is 0.564. The smallest absolute Gasteiger partial charge is 0.0617 e. The minimum Gasteiger partial charge on any atom is -0.379 e. The molecule has 1 aliphatic heterocycles. The van der Waals surface area contributed by atoms with Gasteiger partial charge in [0.1, 0.15) is 0 Å². The van der Waals surface area contributed by atoms with Crippen LogP contribution in [-0.4, -0.2) is 25.8 Å². The van der Waals surface area contributed by atoms with Gasteiger partial charge < -0.3 is 10.1 Å². The first-order valence-corrected chi connectivity index (χ1v) is 3.71. The van der Waals surface area contributed by atoms with E-state index in [1.54, 1.807) is 0 Å². The maximum Gasteiger partial charge on any atom is 0.0617 e. The van der Waals surface area contributed by atoms with Crippen LogP contribution < -0.4 is 5.32 Å². The second kappa shape index (κ2) is 6.05. The Balaban J connectivity index is 0.000000291. The van der Waals surface area contributed by atoms with Gasteiger partial charge in [0.15, 0.2) is 0 Å². The molecule has 0 aromatic carbocycles. The topological polar surface area (TPSA) is 21.3 Å². The largest absolute Gasteiger partial charge is 0.379 e. The fraction of sp³-hybridized carbons (Fsp3) is 1.00. The van der Waals surface area contributed by atoms with Crippen LogP contribution in [0.5, 0.6) is 0 Å². The van der Waals surface area contributed by atoms with Crippen LogP contribution in [0.2, 0.25) is 0 Å². The maximum absolute atomic E-state index is 5.12. The predicted molar refractivity (Wildman–Crippen MR) is 39.6 cm³/mol. The van der Waals surface area contributed by atoms with Gasteiger partial charge in [-0.3, -0.25) is 0 Å². The van der Waals surface area contributed by atoms with Crippen LogP contribution in [0, 0.1) is 0 Å². The molecule has 0 radical (unpaired) electrons. The van der Waals surface area contributed by atoms with E-state index in [1.165, 1.54) is 0 Å². The molecule has 1 aliphatic rings. The zero-order chi connectivity index (χ0) is 7.11. The Labute approximate surface area is 57.6 Å². The maximum atomic E-state index is 5.12. The summed E-state index contributed by atoms with van der Waals surface area (Å²) in [5, 5.41) is 3.26. The van der Waals surface area contributed by atoms with Gasteiger partial charge in [-0.15, -0.1) is 0 Å². The molecule has 1 saturated heterocycles. The number of rotatable bonds is 0. The first-order valence-electron chi connectivity index (χ1n) is 3.71. The highest BCUT2D eigenvalue weighted by Crippen LogP contribution is 1.88. The number of ether oxygens (including phenoxy) is 1. The number of hydrogen-bond acceptors (Lipinski definition) is 2. The molecule has 0 spiro atoms. The van der Waals surface area contributed by atoms with E-state index >= 15 is 0 Å². The molecule has 0 bridgehead atoms. The molecule has 9 heavy (non-hydrogen) atoms. The standard InChI is InChI=1S/C5H11NO.C2H6/c1-5-4-7-3-2-6-5;1-2/h5-6H,2-4H2,1H3;1-2H3/t5-;/m0./s1. The highest BCUT2D eigenvalue weighted by molar-refractivity contribution is 4.62. The summed E-state index contributed by atoms with van der Waals surface area (Å²) in [5.74, 6) is 0. The van der Waals surface area contributed by atoms with E-state index in [9.17, 15) is 0 Å². The van der Waals surface area contributed by atoms with Crippen LogP contribution in [0.1, 0.15) is 20.8 Å². The summed E-state index contributed by atoms with van der Waals surface area (Å²) in [4.78, 5) is 0. The molecule has 0 amide bonds. The molecular weight excluding hydrogens is 114 g/mol. The van der Waals surface area contributed by atoms with Crippen molar-refractivity contribution in [2.75, 3.05) is 19.8 Å². The summed E-state index contributed by atoms with van der Waals surface area (Å²) < 4.78 is 5.12. The van der Waals surface area contributed by atoms with Crippen molar-refractivity contribution in [1.29, 1.82) is 0 Å². The Morgan fingerprint density at radius 1 is 1.44 bits per heavy atom. The van der Waals surface area contributed by atoms with Gasteiger partial charge >= 0.3 is 0 Å². The SMILES string of the molecule is CC.C[C@H]1COCCN1. The Hall–Kier alpha value is -0.0800. The fourth-order valence-electron chi connectivity index (χ4n) is 0.697. The van der Waals surface area contributed by atoms with E-state index in [2.05, 4.69) is 12.2 Å². The van der Waals surface area contributed by atoms with Crippen LogP contribution in [0.15, 0.2) is 0 Å². The normalized spacial score (nSPS) is 26.3. The van der Waals surface area contributed by atoms with Crippen LogP contribution >= 0.6 is 0 Å². The molecule has 0 aliphatic carbocycles. The van der Waals surface area contributed by atoms with E-state index in [-0.39, 0.29) is 0 Å². The molecule has 0 aromatic heterocycles. The van der Waals surface area contributed by atoms with E-state index in [4.69, 9.17) is 4.74 Å². The minimum atomic E-state index is 0.564. The third kappa shape index (κ3) is 4.43. The van der Waals surface area contributed by atoms with E-state index in [1.807, 2.05) is 13.8 Å². The third-order valence-corrected chi connectivity index (χ3v) is 1.11. The van der Waals surface area contributed by atoms with E-state index in [0.717, 1.165) is 19.8 Å². The number of hydrogen-bond donors (Lipinski definition) is 1. The number of nitrogens with one attached hydrogen (secondary N) is 1. The molecule has 1 atom stereocenters. The fourth-order valence-corrected chi connectivity index (χ4v) is 0.697. The lowest BCUT2D eigenvalue weighted by molar-refractivity contribution is 0.0824. The van der Waals surface area contributed by atoms with Crippen molar-refractivity contribution in [3.63, 3.8) is 0 Å². The van der Waals surface area contributed by atoms with Crippen molar-refractivity contribution < 1.29 is 4.74 Å². The monoisotopic (exact) mass is 131 g/mol. The lowest BCUT2D eigenvalue weighted by Gasteiger charge is -2.19. The van der Waals surface area contributed by atoms with Crippen LogP contribution in [0.25, 0.3) is 0 Å². The average Bonchev–Trinajstić information content (AvgIpc) is 1.94. The summed E-state index contributed by atoms with van der Waals surface area (Å²) in [6.07, 6.45) is 0. The number of morpholine rings is 1. The molecule has 0 unspecified atom stereocenters. The Morgan fingerprint density at radius 2 is 2.11 bits per heavy atom. The van der Waals surface area contributed by atoms with Gasteiger partial charge in [0.25, 0.3) is 0 Å². The highest BCUT2D eigenvalue weighted by Gasteiger charge is 2.04. The minimum absolute atomic E-state index is 0.564. The third-order valence-electron chi connectivity index (χ3n) is 1.11. The van der Waals surface area contributed by atoms with Gasteiger partial charge in [-0.1, -0.05) is 13.8 Å². The average molecular weight is 131 g/mol. The molecule has 0 saturated carbocycles. The van der Waals surface area contributed by atoms with Gasteiger partial charge in [-0.05, 0) is 6.92 Å². The molecule has 2 nitrogen and oxygen atoms in total. The predicted octanol–water partition coefficient (Wildman–Crippen LogP) is 1.02. The van der Waals surface area contributed by atoms with Crippen molar-refractivity contribution >= 4 is 0 Å². The summed E-state index contributed by atoms with van der Waals surface area (Å²) in [5.41, 5.74) is 0. The van der Waals surface area contributed by atoms with Crippen molar-refractivity contribution in [3.05, 3.63) is 0 Å². The molecular formula is C7H17NO. The molecule has 56 valence electrons. The van der Waals surface area contributed by atoms with Gasteiger partial charge in [-0.2, -0.15) is 0 Å². The molecule has 0 aromatic rings. The second-order valence-corrected chi connectivity index (χ2v) is 1.93. The van der Waals surface area contributed by atoms with E-state index in [0.29, 0.717) is 6.04 Å². The van der Waals surface area contributed by atoms with Gasteiger partial charge in [0.2, 0.25) is 0 Å². The van der Waals surface area contributed by atoms with E-state index < -0.39 is 0 Å². The van der Waals surface area contributed by atoms with Gasteiger partial charge in [0.05, 0.1) is 13.2 Å². The summed E-state index contributed by atoms with van der Waals surface area (Å²) >= 11 is 0.